The van der Waals surface area contributed by atoms with Crippen LogP contribution in [0.25, 0.3) is 0 Å². The van der Waals surface area contributed by atoms with E-state index in [1.54, 1.807) is 18.2 Å². The van der Waals surface area contributed by atoms with Gasteiger partial charge in [0, 0.05) is 28.9 Å². The number of benzene rings is 3. The zero-order valence-electron chi connectivity index (χ0n) is 23.6. The van der Waals surface area contributed by atoms with E-state index < -0.39 is 54.1 Å². The van der Waals surface area contributed by atoms with Crippen molar-refractivity contribution < 1.29 is 44.2 Å². The van der Waals surface area contributed by atoms with Crippen LogP contribution in [-0.4, -0.2) is 81.9 Å². The Bertz CT molecular complexity index is 1620. The van der Waals surface area contributed by atoms with E-state index in [2.05, 4.69) is 4.99 Å². The molecule has 0 amide bonds. The van der Waals surface area contributed by atoms with Crippen molar-refractivity contribution in [2.45, 2.75) is 56.0 Å². The second-order valence-corrected chi connectivity index (χ2v) is 11.1. The van der Waals surface area contributed by atoms with Crippen LogP contribution >= 0.6 is 0 Å². The lowest BCUT2D eigenvalue weighted by Gasteiger charge is -2.40. The third kappa shape index (κ3) is 5.20. The van der Waals surface area contributed by atoms with Crippen molar-refractivity contribution in [1.29, 1.82) is 0 Å². The van der Waals surface area contributed by atoms with Gasteiger partial charge in [0.15, 0.2) is 29.0 Å². The molecular formula is C32H33N3O9. The first-order chi connectivity index (χ1) is 21.2. The number of nitrogens with two attached hydrogens (primary N) is 2. The molecule has 3 aromatic carbocycles. The summed E-state index contributed by atoms with van der Waals surface area (Å²) in [5.41, 5.74) is 13.3. The Morgan fingerprint density at radius 3 is 2.20 bits per heavy atom. The van der Waals surface area contributed by atoms with E-state index in [0.29, 0.717) is 12.0 Å². The van der Waals surface area contributed by atoms with Crippen LogP contribution in [0.1, 0.15) is 61.0 Å². The van der Waals surface area contributed by atoms with Gasteiger partial charge in [-0.05, 0) is 30.4 Å². The van der Waals surface area contributed by atoms with Crippen molar-refractivity contribution in [3.63, 3.8) is 0 Å². The number of aryl methyl sites for hydroxylation is 1. The topological polar surface area (TPSA) is 207 Å². The maximum Gasteiger partial charge on any atom is 0.229 e. The van der Waals surface area contributed by atoms with Crippen molar-refractivity contribution >= 4 is 17.5 Å². The average molecular weight is 604 g/mol. The lowest BCUT2D eigenvalue weighted by Crippen LogP contribution is -2.60. The number of ether oxygens (including phenoxy) is 3. The van der Waals surface area contributed by atoms with Crippen molar-refractivity contribution in [1.82, 2.24) is 0 Å². The maximum absolute atomic E-state index is 14.1. The molecule has 0 radical (unpaired) electrons. The molecule has 2 heterocycles. The third-order valence-corrected chi connectivity index (χ3v) is 8.31. The van der Waals surface area contributed by atoms with Gasteiger partial charge in [0.25, 0.3) is 0 Å². The van der Waals surface area contributed by atoms with Crippen LogP contribution in [0.5, 0.6) is 11.5 Å². The van der Waals surface area contributed by atoms with Crippen LogP contribution in [0, 0.1) is 0 Å². The fraction of sp³-hybridized carbons (Fsp3) is 0.344. The zero-order valence-corrected chi connectivity index (χ0v) is 23.6. The van der Waals surface area contributed by atoms with E-state index in [0.717, 1.165) is 5.56 Å². The molecular weight excluding hydrogens is 570 g/mol. The van der Waals surface area contributed by atoms with Gasteiger partial charge in [-0.2, -0.15) is 0 Å². The van der Waals surface area contributed by atoms with Gasteiger partial charge in [-0.25, -0.2) is 4.99 Å². The van der Waals surface area contributed by atoms with Crippen LogP contribution in [0.15, 0.2) is 59.6 Å². The van der Waals surface area contributed by atoms with Gasteiger partial charge in [0.2, 0.25) is 6.29 Å². The number of fused-ring (bicyclic) bond motifs is 5. The van der Waals surface area contributed by atoms with Crippen molar-refractivity contribution in [3.8, 4) is 11.5 Å². The molecule has 0 spiro atoms. The summed E-state index contributed by atoms with van der Waals surface area (Å²) in [4.78, 5) is 32.5. The minimum absolute atomic E-state index is 0.00880. The standard InChI is InChI=1S/C32H33N3O9/c33-32(34)35-19-12-13-42-14-20-26(38)28(40)29(41)31(43-20)44-30-21(19)18(11-10-15-6-2-1-3-7-15)22-23(27(30)39)25(37)17-9-5-4-8-16(17)24(22)36/h1-9,19-20,26,28-29,31,38-41H,10-14H2,(H4,33,34,35)/t19-,20-,26-,28+,29-,31-/m0/s1. The number of phenolic OH excluding ortho intramolecular Hbond substituents is 1. The molecule has 1 fully saturated rings. The molecule has 1 saturated heterocycles. The number of guanidine groups is 1. The Morgan fingerprint density at radius 1 is 0.864 bits per heavy atom. The minimum Gasteiger partial charge on any atom is -0.504 e. The zero-order chi connectivity index (χ0) is 31.1. The summed E-state index contributed by atoms with van der Waals surface area (Å²) in [6.07, 6.45) is -6.82. The summed E-state index contributed by atoms with van der Waals surface area (Å²) in [6, 6.07) is 14.9. The first-order valence-electron chi connectivity index (χ1n) is 14.3. The molecule has 6 atom stereocenters. The number of hydrogen-bond donors (Lipinski definition) is 6. The Labute approximate surface area is 252 Å². The summed E-state index contributed by atoms with van der Waals surface area (Å²) in [5.74, 6) is -2.27. The SMILES string of the molecule is NC(N)=N[C@H]1CCOC[C@@H]2O[C@@H](Oc3c(O)c4c(c(CCc5ccccc5)c31)C(=O)c1ccccc1C4=O)[C@@H](O)[C@H](O)[C@H]2O. The monoisotopic (exact) mass is 603 g/mol. The number of aliphatic hydroxyl groups is 3. The maximum atomic E-state index is 14.1. The van der Waals surface area contributed by atoms with Crippen molar-refractivity contribution in [3.05, 3.63) is 93.5 Å². The average Bonchev–Trinajstić information content (AvgIpc) is 3.05. The Morgan fingerprint density at radius 2 is 1.52 bits per heavy atom. The number of aliphatic imine (C=N–C) groups is 1. The van der Waals surface area contributed by atoms with Crippen LogP contribution < -0.4 is 16.2 Å². The predicted molar refractivity (Wildman–Crippen MR) is 157 cm³/mol. The molecule has 12 heteroatoms. The third-order valence-electron chi connectivity index (χ3n) is 8.31. The van der Waals surface area contributed by atoms with Crippen LogP contribution in [-0.2, 0) is 22.3 Å². The Balaban J connectivity index is 1.62. The first kappa shape index (κ1) is 29.7. The molecule has 230 valence electrons. The highest BCUT2D eigenvalue weighted by molar-refractivity contribution is 6.30. The molecule has 0 unspecified atom stereocenters. The molecule has 3 aromatic rings. The molecule has 12 nitrogen and oxygen atoms in total. The van der Waals surface area contributed by atoms with E-state index in [4.69, 9.17) is 25.7 Å². The summed E-state index contributed by atoms with van der Waals surface area (Å²) in [6.45, 7) is -0.117. The lowest BCUT2D eigenvalue weighted by atomic mass is 9.77. The van der Waals surface area contributed by atoms with Crippen molar-refractivity contribution in [2.24, 2.45) is 16.5 Å². The quantitative estimate of drug-likeness (QED) is 0.143. The van der Waals surface area contributed by atoms with Gasteiger partial charge >= 0.3 is 0 Å². The van der Waals surface area contributed by atoms with E-state index in [-0.39, 0.29) is 65.6 Å². The largest absolute Gasteiger partial charge is 0.504 e. The van der Waals surface area contributed by atoms with Crippen molar-refractivity contribution in [2.75, 3.05) is 13.2 Å². The summed E-state index contributed by atoms with van der Waals surface area (Å²) in [5, 5.41) is 43.8. The highest BCUT2D eigenvalue weighted by Crippen LogP contribution is 2.49. The van der Waals surface area contributed by atoms with E-state index >= 15 is 0 Å². The fourth-order valence-corrected chi connectivity index (χ4v) is 6.16. The number of nitrogens with zero attached hydrogens (tertiary/aromatic N) is 1. The second kappa shape index (κ2) is 12.0. The molecule has 1 aliphatic carbocycles. The first-order valence-corrected chi connectivity index (χ1v) is 14.3. The molecule has 8 N–H and O–H groups in total. The number of rotatable bonds is 4. The predicted octanol–water partition coefficient (Wildman–Crippen LogP) is 0.874. The summed E-state index contributed by atoms with van der Waals surface area (Å²) >= 11 is 0. The molecule has 44 heavy (non-hydrogen) atoms. The van der Waals surface area contributed by atoms with Crippen LogP contribution in [0.4, 0.5) is 0 Å². The molecule has 6 rings (SSSR count). The number of carbonyl (C=O) groups excluding carboxylic acids is 2. The molecule has 0 saturated carbocycles. The molecule has 2 bridgehead atoms. The number of hydrogen-bond acceptors (Lipinski definition) is 10. The normalized spacial score (nSPS) is 26.3. The lowest BCUT2D eigenvalue weighted by molar-refractivity contribution is -0.279. The van der Waals surface area contributed by atoms with Gasteiger partial charge < -0.3 is 46.1 Å². The highest BCUT2D eigenvalue weighted by atomic mass is 16.7. The van der Waals surface area contributed by atoms with Crippen LogP contribution in [0.3, 0.4) is 0 Å². The minimum atomic E-state index is -1.75. The molecule has 2 aliphatic heterocycles. The van der Waals surface area contributed by atoms with Gasteiger partial charge in [-0.15, -0.1) is 0 Å². The smallest absolute Gasteiger partial charge is 0.229 e. The molecule has 3 aliphatic rings. The number of aliphatic hydroxyl groups excluding tert-OH is 3. The fourth-order valence-electron chi connectivity index (χ4n) is 6.16. The highest BCUT2D eigenvalue weighted by Gasteiger charge is 2.47. The van der Waals surface area contributed by atoms with E-state index in [1.165, 1.54) is 6.07 Å². The number of ketones is 2. The summed E-state index contributed by atoms with van der Waals surface area (Å²) < 4.78 is 17.7. The van der Waals surface area contributed by atoms with E-state index in [1.807, 2.05) is 30.3 Å². The van der Waals surface area contributed by atoms with Crippen LogP contribution in [0.2, 0.25) is 0 Å². The number of phenols is 1. The number of aromatic hydroxyl groups is 1. The summed E-state index contributed by atoms with van der Waals surface area (Å²) in [7, 11) is 0. The van der Waals surface area contributed by atoms with Gasteiger partial charge in [-0.3, -0.25) is 9.59 Å². The van der Waals surface area contributed by atoms with E-state index in [9.17, 15) is 30.0 Å². The molecule has 0 aromatic heterocycles. The Hall–Kier alpha value is -4.33. The second-order valence-electron chi connectivity index (χ2n) is 11.1. The van der Waals surface area contributed by atoms with Gasteiger partial charge in [0.05, 0.1) is 18.2 Å². The van der Waals surface area contributed by atoms with Gasteiger partial charge in [0.1, 0.15) is 24.4 Å². The number of carbonyl (C=O) groups is 2. The Kier molecular flexibility index (Phi) is 8.10. The van der Waals surface area contributed by atoms with Gasteiger partial charge in [-0.1, -0.05) is 54.6 Å².